The van der Waals surface area contributed by atoms with E-state index in [1.165, 1.54) is 5.39 Å². The molecule has 4 aromatic carbocycles. The Morgan fingerprint density at radius 1 is 0.969 bits per heavy atom. The molecule has 32 heavy (non-hydrogen) atoms. The van der Waals surface area contributed by atoms with Crippen LogP contribution >= 0.6 is 15.9 Å². The molecular formula is C26H21BrN2O3. The highest BCUT2D eigenvalue weighted by Crippen LogP contribution is 2.29. The highest BCUT2D eigenvalue weighted by atomic mass is 79.9. The number of hydrogen-bond acceptors (Lipinski definition) is 4. The quantitative estimate of drug-likeness (QED) is 0.258. The van der Waals surface area contributed by atoms with Crippen LogP contribution in [0.25, 0.3) is 10.8 Å². The number of amides is 1. The van der Waals surface area contributed by atoms with Crippen molar-refractivity contribution in [2.75, 3.05) is 7.11 Å². The number of hydrazone groups is 1. The molecule has 1 N–H and O–H groups in total. The molecule has 0 saturated heterocycles. The summed E-state index contributed by atoms with van der Waals surface area (Å²) in [5.41, 5.74) is 4.92. The maximum atomic E-state index is 12.2. The lowest BCUT2D eigenvalue weighted by Gasteiger charge is -2.13. The Morgan fingerprint density at radius 3 is 2.62 bits per heavy atom. The summed E-state index contributed by atoms with van der Waals surface area (Å²) >= 11 is 3.36. The molecule has 1 amide bonds. The van der Waals surface area contributed by atoms with Gasteiger partial charge in [0.15, 0.2) is 11.5 Å². The second kappa shape index (κ2) is 10.1. The van der Waals surface area contributed by atoms with Crippen LogP contribution < -0.4 is 14.9 Å². The van der Waals surface area contributed by atoms with Crippen molar-refractivity contribution < 1.29 is 14.3 Å². The standard InChI is InChI=1S/C26H21BrN2O3/c1-31-24-13-12-18(16-28-29-26(30)20-8-5-10-22(27)15-20)14-25(24)32-17-21-9-4-7-19-6-2-3-11-23(19)21/h2-16H,17H2,1H3,(H,29,30)/b28-16-. The minimum absolute atomic E-state index is 0.288. The summed E-state index contributed by atoms with van der Waals surface area (Å²) in [6.07, 6.45) is 1.57. The minimum Gasteiger partial charge on any atom is -0.493 e. The zero-order valence-corrected chi connectivity index (χ0v) is 19.0. The molecule has 0 atom stereocenters. The van der Waals surface area contributed by atoms with Crippen molar-refractivity contribution in [3.05, 3.63) is 106 Å². The third-order valence-corrected chi connectivity index (χ3v) is 5.41. The van der Waals surface area contributed by atoms with Crippen molar-refractivity contribution in [3.63, 3.8) is 0 Å². The number of nitrogens with zero attached hydrogens (tertiary/aromatic N) is 1. The Labute approximate surface area is 194 Å². The van der Waals surface area contributed by atoms with Crippen molar-refractivity contribution in [2.45, 2.75) is 6.61 Å². The van der Waals surface area contributed by atoms with Crippen molar-refractivity contribution >= 4 is 38.8 Å². The first-order chi connectivity index (χ1) is 15.6. The topological polar surface area (TPSA) is 59.9 Å². The summed E-state index contributed by atoms with van der Waals surface area (Å²) < 4.78 is 12.4. The van der Waals surface area contributed by atoms with Crippen molar-refractivity contribution in [1.29, 1.82) is 0 Å². The molecular weight excluding hydrogens is 468 g/mol. The second-order valence-corrected chi connectivity index (χ2v) is 7.96. The lowest BCUT2D eigenvalue weighted by molar-refractivity contribution is 0.0955. The van der Waals surface area contributed by atoms with Gasteiger partial charge in [-0.3, -0.25) is 4.79 Å². The molecule has 4 rings (SSSR count). The van der Waals surface area contributed by atoms with Gasteiger partial charge in [0, 0.05) is 10.0 Å². The van der Waals surface area contributed by atoms with Crippen LogP contribution in [0.1, 0.15) is 21.5 Å². The summed E-state index contributed by atoms with van der Waals surface area (Å²) in [4.78, 5) is 12.2. The van der Waals surface area contributed by atoms with E-state index in [-0.39, 0.29) is 5.91 Å². The highest BCUT2D eigenvalue weighted by Gasteiger charge is 2.08. The lowest BCUT2D eigenvalue weighted by Crippen LogP contribution is -2.17. The molecule has 0 fully saturated rings. The number of methoxy groups -OCH3 is 1. The van der Waals surface area contributed by atoms with Gasteiger partial charge in [-0.2, -0.15) is 5.10 Å². The maximum absolute atomic E-state index is 12.2. The molecule has 5 nitrogen and oxygen atoms in total. The van der Waals surface area contributed by atoms with Crippen molar-refractivity contribution in [3.8, 4) is 11.5 Å². The Morgan fingerprint density at radius 2 is 1.78 bits per heavy atom. The van der Waals surface area contributed by atoms with E-state index < -0.39 is 0 Å². The van der Waals surface area contributed by atoms with E-state index in [0.717, 1.165) is 21.0 Å². The number of benzene rings is 4. The first-order valence-electron chi connectivity index (χ1n) is 10.0. The monoisotopic (exact) mass is 488 g/mol. The minimum atomic E-state index is -0.288. The summed E-state index contributed by atoms with van der Waals surface area (Å²) in [5.74, 6) is 0.937. The molecule has 0 radical (unpaired) electrons. The van der Waals surface area contributed by atoms with Crippen LogP contribution in [-0.4, -0.2) is 19.2 Å². The lowest BCUT2D eigenvalue weighted by atomic mass is 10.1. The molecule has 0 bridgehead atoms. The molecule has 0 heterocycles. The van der Waals surface area contributed by atoms with Gasteiger partial charge in [-0.25, -0.2) is 5.43 Å². The Balaban J connectivity index is 1.47. The average molecular weight is 489 g/mol. The number of halogens is 1. The van der Waals surface area contributed by atoms with Gasteiger partial charge >= 0.3 is 0 Å². The fourth-order valence-corrected chi connectivity index (χ4v) is 3.72. The first kappa shape index (κ1) is 21.6. The zero-order valence-electron chi connectivity index (χ0n) is 17.4. The number of nitrogens with one attached hydrogen (secondary N) is 1. The van der Waals surface area contributed by atoms with E-state index in [2.05, 4.69) is 50.7 Å². The van der Waals surface area contributed by atoms with Crippen LogP contribution in [0.3, 0.4) is 0 Å². The van der Waals surface area contributed by atoms with Gasteiger partial charge in [-0.1, -0.05) is 64.5 Å². The molecule has 0 aliphatic heterocycles. The van der Waals surface area contributed by atoms with E-state index in [1.807, 2.05) is 42.5 Å². The highest BCUT2D eigenvalue weighted by molar-refractivity contribution is 9.10. The number of rotatable bonds is 7. The molecule has 0 aliphatic carbocycles. The van der Waals surface area contributed by atoms with Crippen LogP contribution in [-0.2, 0) is 6.61 Å². The third-order valence-electron chi connectivity index (χ3n) is 4.92. The fraction of sp³-hybridized carbons (Fsp3) is 0.0769. The number of hydrogen-bond donors (Lipinski definition) is 1. The van der Waals surface area contributed by atoms with Gasteiger partial charge in [0.25, 0.3) is 5.91 Å². The third kappa shape index (κ3) is 5.15. The summed E-state index contributed by atoms with van der Waals surface area (Å²) in [6, 6.07) is 27.0. The maximum Gasteiger partial charge on any atom is 0.271 e. The summed E-state index contributed by atoms with van der Waals surface area (Å²) in [7, 11) is 1.60. The number of fused-ring (bicyclic) bond motifs is 1. The largest absolute Gasteiger partial charge is 0.493 e. The van der Waals surface area contributed by atoms with Crippen LogP contribution in [0.2, 0.25) is 0 Å². The fourth-order valence-electron chi connectivity index (χ4n) is 3.32. The van der Waals surface area contributed by atoms with Gasteiger partial charge < -0.3 is 9.47 Å². The van der Waals surface area contributed by atoms with Crippen molar-refractivity contribution in [1.82, 2.24) is 5.43 Å². The Kier molecular flexibility index (Phi) is 6.82. The van der Waals surface area contributed by atoms with Gasteiger partial charge in [0.2, 0.25) is 0 Å². The summed E-state index contributed by atoms with van der Waals surface area (Å²) in [5, 5.41) is 6.39. The first-order valence-corrected chi connectivity index (χ1v) is 10.8. The molecule has 0 unspecified atom stereocenters. The van der Waals surface area contributed by atoms with Crippen molar-refractivity contribution in [2.24, 2.45) is 5.10 Å². The normalized spacial score (nSPS) is 10.9. The molecule has 0 saturated carbocycles. The van der Waals surface area contributed by atoms with Gasteiger partial charge in [-0.15, -0.1) is 0 Å². The van der Waals surface area contributed by atoms with Crippen LogP contribution in [0, 0.1) is 0 Å². The van der Waals surface area contributed by atoms with Crippen LogP contribution in [0.15, 0.2) is 94.5 Å². The van der Waals surface area contributed by atoms with Gasteiger partial charge in [0.1, 0.15) is 6.61 Å². The van der Waals surface area contributed by atoms with E-state index in [0.29, 0.717) is 23.7 Å². The molecule has 6 heteroatoms. The molecule has 0 aromatic heterocycles. The Hall–Kier alpha value is -3.64. The predicted octanol–water partition coefficient (Wildman–Crippen LogP) is 5.95. The van der Waals surface area contributed by atoms with E-state index in [1.54, 1.807) is 31.5 Å². The van der Waals surface area contributed by atoms with Gasteiger partial charge in [0.05, 0.1) is 13.3 Å². The van der Waals surface area contributed by atoms with E-state index in [4.69, 9.17) is 9.47 Å². The number of carbonyl (C=O) groups is 1. The van der Waals surface area contributed by atoms with E-state index >= 15 is 0 Å². The van der Waals surface area contributed by atoms with E-state index in [9.17, 15) is 4.79 Å². The smallest absolute Gasteiger partial charge is 0.271 e. The molecule has 0 spiro atoms. The molecule has 160 valence electrons. The summed E-state index contributed by atoms with van der Waals surface area (Å²) in [6.45, 7) is 0.401. The zero-order chi connectivity index (χ0) is 22.3. The van der Waals surface area contributed by atoms with Gasteiger partial charge in [-0.05, 0) is 58.3 Å². The van der Waals surface area contributed by atoms with Crippen LogP contribution in [0.4, 0.5) is 0 Å². The number of carbonyl (C=O) groups excluding carboxylic acids is 1. The number of ether oxygens (including phenoxy) is 2. The Bertz CT molecular complexity index is 1280. The second-order valence-electron chi connectivity index (χ2n) is 7.05. The average Bonchev–Trinajstić information content (AvgIpc) is 2.82. The predicted molar refractivity (Wildman–Crippen MR) is 130 cm³/mol. The SMILES string of the molecule is COc1ccc(/C=N\NC(=O)c2cccc(Br)c2)cc1OCc1cccc2ccccc12. The molecule has 0 aliphatic rings. The van der Waals surface area contributed by atoms with Crippen LogP contribution in [0.5, 0.6) is 11.5 Å². The molecule has 4 aromatic rings.